The average molecular weight is 667 g/mol. The second-order valence-corrected chi connectivity index (χ2v) is 12.7. The normalized spacial score (nSPS) is 11.1. The van der Waals surface area contributed by atoms with Crippen LogP contribution in [0.5, 0.6) is 0 Å². The van der Waals surface area contributed by atoms with Gasteiger partial charge in [0.25, 0.3) is 0 Å². The molecule has 0 aliphatic carbocycles. The number of para-hydroxylation sites is 2. The monoisotopic (exact) mass is 666 g/mol. The number of benzene rings is 7. The highest BCUT2D eigenvalue weighted by Gasteiger charge is 2.19. The molecule has 246 valence electrons. The van der Waals surface area contributed by atoms with Crippen molar-refractivity contribution in [3.8, 4) is 22.5 Å². The van der Waals surface area contributed by atoms with Crippen molar-refractivity contribution in [1.29, 1.82) is 0 Å². The summed E-state index contributed by atoms with van der Waals surface area (Å²) in [4.78, 5) is 13.8. The SMILES string of the molecule is c1ccc(N(c2ccc(-c3ccccn3)cc2)c2ccc3cc(N(c4ccccc4)c4ccc(-c5ccccn5)cc4)c4ccccc4c3c2)cc1. The predicted octanol–water partition coefficient (Wildman–Crippen LogP) is 13.1. The van der Waals surface area contributed by atoms with E-state index in [0.717, 1.165) is 56.6 Å². The van der Waals surface area contributed by atoms with E-state index < -0.39 is 0 Å². The fraction of sp³-hybridized carbons (Fsp3) is 0. The van der Waals surface area contributed by atoms with Crippen LogP contribution in [0.4, 0.5) is 34.1 Å². The van der Waals surface area contributed by atoms with Crippen molar-refractivity contribution < 1.29 is 0 Å². The van der Waals surface area contributed by atoms with E-state index in [2.05, 4.69) is 177 Å². The Morgan fingerprint density at radius 2 is 0.769 bits per heavy atom. The lowest BCUT2D eigenvalue weighted by Crippen LogP contribution is -2.11. The molecule has 0 saturated heterocycles. The van der Waals surface area contributed by atoms with Crippen molar-refractivity contribution in [3.63, 3.8) is 0 Å². The predicted molar refractivity (Wildman–Crippen MR) is 217 cm³/mol. The summed E-state index contributed by atoms with van der Waals surface area (Å²) in [5.41, 5.74) is 10.7. The molecule has 0 fully saturated rings. The highest BCUT2D eigenvalue weighted by molar-refractivity contribution is 6.15. The first-order valence-electron chi connectivity index (χ1n) is 17.5. The van der Waals surface area contributed by atoms with Gasteiger partial charge in [0.1, 0.15) is 0 Å². The number of fused-ring (bicyclic) bond motifs is 3. The van der Waals surface area contributed by atoms with E-state index in [9.17, 15) is 0 Å². The van der Waals surface area contributed by atoms with Crippen molar-refractivity contribution in [2.45, 2.75) is 0 Å². The van der Waals surface area contributed by atoms with Gasteiger partial charge in [-0.15, -0.1) is 0 Å². The van der Waals surface area contributed by atoms with Crippen molar-refractivity contribution in [2.75, 3.05) is 9.80 Å². The Morgan fingerprint density at radius 3 is 1.33 bits per heavy atom. The van der Waals surface area contributed by atoms with Gasteiger partial charge in [0, 0.05) is 57.3 Å². The Bertz CT molecular complexity index is 2590. The van der Waals surface area contributed by atoms with E-state index in [1.54, 1.807) is 0 Å². The van der Waals surface area contributed by atoms with Gasteiger partial charge in [-0.05, 0) is 107 Å². The summed E-state index contributed by atoms with van der Waals surface area (Å²) in [6.45, 7) is 0. The smallest absolute Gasteiger partial charge is 0.0701 e. The maximum absolute atomic E-state index is 4.57. The van der Waals surface area contributed by atoms with Crippen LogP contribution in [0.15, 0.2) is 207 Å². The second kappa shape index (κ2) is 13.7. The maximum Gasteiger partial charge on any atom is 0.0701 e. The standard InChI is InChI=1S/C48H34N4/c1-3-13-38(14-4-1)51(40-26-21-35(22-27-40)46-19-9-11-31-49-46)42-30-25-37-33-48(44-18-8-7-17-43(44)45(37)34-42)52(39-15-5-2-6-16-39)41-28-23-36(24-29-41)47-20-10-12-32-50-47/h1-34H. The van der Waals surface area contributed by atoms with Crippen molar-refractivity contribution in [2.24, 2.45) is 0 Å². The number of nitrogens with zero attached hydrogens (tertiary/aromatic N) is 4. The first-order chi connectivity index (χ1) is 25.8. The molecule has 0 unspecified atom stereocenters. The van der Waals surface area contributed by atoms with Crippen molar-refractivity contribution >= 4 is 55.7 Å². The Hall–Kier alpha value is -7.04. The first kappa shape index (κ1) is 31.0. The second-order valence-electron chi connectivity index (χ2n) is 12.7. The summed E-state index contributed by atoms with van der Waals surface area (Å²) in [7, 11) is 0. The van der Waals surface area contributed by atoms with Crippen LogP contribution in [-0.4, -0.2) is 9.97 Å². The third-order valence-corrected chi connectivity index (χ3v) is 9.52. The molecule has 52 heavy (non-hydrogen) atoms. The molecule has 0 aliphatic rings. The van der Waals surface area contributed by atoms with Crippen LogP contribution in [0.2, 0.25) is 0 Å². The molecule has 0 radical (unpaired) electrons. The van der Waals surface area contributed by atoms with Crippen LogP contribution in [-0.2, 0) is 0 Å². The van der Waals surface area contributed by atoms with Gasteiger partial charge in [-0.2, -0.15) is 0 Å². The number of rotatable bonds is 8. The van der Waals surface area contributed by atoms with Gasteiger partial charge in [0.05, 0.1) is 17.1 Å². The molecule has 0 spiro atoms. The van der Waals surface area contributed by atoms with Gasteiger partial charge >= 0.3 is 0 Å². The maximum atomic E-state index is 4.57. The number of pyridine rings is 2. The minimum absolute atomic E-state index is 0.959. The van der Waals surface area contributed by atoms with Gasteiger partial charge in [0.15, 0.2) is 0 Å². The van der Waals surface area contributed by atoms with Gasteiger partial charge < -0.3 is 9.80 Å². The summed E-state index contributed by atoms with van der Waals surface area (Å²) >= 11 is 0. The minimum Gasteiger partial charge on any atom is -0.310 e. The summed E-state index contributed by atoms with van der Waals surface area (Å²) in [6.07, 6.45) is 3.67. The molecule has 0 amide bonds. The number of anilines is 6. The third-order valence-electron chi connectivity index (χ3n) is 9.52. The van der Waals surface area contributed by atoms with Crippen LogP contribution in [0.25, 0.3) is 44.1 Å². The fourth-order valence-corrected chi connectivity index (χ4v) is 7.05. The molecule has 9 aromatic rings. The van der Waals surface area contributed by atoms with E-state index in [4.69, 9.17) is 0 Å². The molecule has 9 rings (SSSR count). The highest BCUT2D eigenvalue weighted by Crippen LogP contribution is 2.44. The molecule has 0 bridgehead atoms. The first-order valence-corrected chi connectivity index (χ1v) is 17.5. The molecule has 7 aromatic carbocycles. The van der Waals surface area contributed by atoms with Crippen molar-refractivity contribution in [3.05, 3.63) is 207 Å². The van der Waals surface area contributed by atoms with E-state index in [-0.39, 0.29) is 0 Å². The molecule has 2 heterocycles. The molecule has 0 atom stereocenters. The van der Waals surface area contributed by atoms with Crippen molar-refractivity contribution in [1.82, 2.24) is 9.97 Å². The Morgan fingerprint density at radius 1 is 0.308 bits per heavy atom. The van der Waals surface area contributed by atoms with Crippen LogP contribution < -0.4 is 9.80 Å². The van der Waals surface area contributed by atoms with Crippen LogP contribution in [0, 0.1) is 0 Å². The van der Waals surface area contributed by atoms with Crippen LogP contribution in [0.1, 0.15) is 0 Å². The number of hydrogen-bond acceptors (Lipinski definition) is 4. The number of aromatic nitrogens is 2. The minimum atomic E-state index is 0.959. The van der Waals surface area contributed by atoms with E-state index in [1.165, 1.54) is 21.5 Å². The molecule has 4 nitrogen and oxygen atoms in total. The van der Waals surface area contributed by atoms with Crippen LogP contribution in [0.3, 0.4) is 0 Å². The van der Waals surface area contributed by atoms with E-state index in [0.29, 0.717) is 0 Å². The van der Waals surface area contributed by atoms with Gasteiger partial charge in [0.2, 0.25) is 0 Å². The molecule has 0 saturated carbocycles. The Labute approximate surface area is 303 Å². The highest BCUT2D eigenvalue weighted by atomic mass is 15.1. The number of hydrogen-bond donors (Lipinski definition) is 0. The van der Waals surface area contributed by atoms with Gasteiger partial charge in [-0.25, -0.2) is 0 Å². The van der Waals surface area contributed by atoms with Gasteiger partial charge in [-0.1, -0.05) is 103 Å². The molecular weight excluding hydrogens is 633 g/mol. The molecule has 0 N–H and O–H groups in total. The lowest BCUT2D eigenvalue weighted by atomic mass is 9.97. The fourth-order valence-electron chi connectivity index (χ4n) is 7.05. The molecule has 4 heteroatoms. The quantitative estimate of drug-likeness (QED) is 0.151. The lowest BCUT2D eigenvalue weighted by molar-refractivity contribution is 1.28. The largest absolute Gasteiger partial charge is 0.310 e. The summed E-state index contributed by atoms with van der Waals surface area (Å²) in [6, 6.07) is 68.5. The van der Waals surface area contributed by atoms with Gasteiger partial charge in [-0.3, -0.25) is 9.97 Å². The summed E-state index contributed by atoms with van der Waals surface area (Å²) in [5.74, 6) is 0. The Kier molecular flexibility index (Phi) is 8.16. The van der Waals surface area contributed by atoms with Crippen LogP contribution >= 0.6 is 0 Å². The molecular formula is C48H34N4. The van der Waals surface area contributed by atoms with E-state index in [1.807, 2.05) is 48.8 Å². The summed E-state index contributed by atoms with van der Waals surface area (Å²) < 4.78 is 0. The zero-order valence-electron chi connectivity index (χ0n) is 28.4. The lowest BCUT2D eigenvalue weighted by Gasteiger charge is -2.28. The average Bonchev–Trinajstić information content (AvgIpc) is 3.23. The zero-order valence-corrected chi connectivity index (χ0v) is 28.4. The van der Waals surface area contributed by atoms with E-state index >= 15 is 0 Å². The zero-order chi connectivity index (χ0) is 34.7. The summed E-state index contributed by atoms with van der Waals surface area (Å²) in [5, 5.41) is 4.74. The molecule has 0 aliphatic heterocycles. The third kappa shape index (κ3) is 5.93. The molecule has 2 aromatic heterocycles. The topological polar surface area (TPSA) is 32.3 Å². The Balaban J connectivity index is 1.18.